The number of benzene rings is 1. The topological polar surface area (TPSA) is 57.7 Å². The van der Waals surface area contributed by atoms with Gasteiger partial charge in [-0.3, -0.25) is 4.98 Å². The molecule has 0 saturated heterocycles. The van der Waals surface area contributed by atoms with Crippen LogP contribution in [0.4, 0.5) is 0 Å². The van der Waals surface area contributed by atoms with Crippen LogP contribution in [0.25, 0.3) is 0 Å². The summed E-state index contributed by atoms with van der Waals surface area (Å²) >= 11 is 3.41. The SMILES string of the molecule is COC(=O)c1ccc(COc2ccc(OC)cc2Br)nc1. The van der Waals surface area contributed by atoms with Crippen molar-refractivity contribution in [2.75, 3.05) is 14.2 Å². The van der Waals surface area contributed by atoms with Crippen molar-refractivity contribution in [2.24, 2.45) is 0 Å². The first kappa shape index (κ1) is 15.3. The Kier molecular flexibility index (Phi) is 5.16. The van der Waals surface area contributed by atoms with Crippen molar-refractivity contribution in [1.82, 2.24) is 4.98 Å². The quantitative estimate of drug-likeness (QED) is 0.774. The van der Waals surface area contributed by atoms with Gasteiger partial charge >= 0.3 is 5.97 Å². The van der Waals surface area contributed by atoms with E-state index in [9.17, 15) is 4.79 Å². The Labute approximate surface area is 131 Å². The lowest BCUT2D eigenvalue weighted by atomic mass is 10.2. The van der Waals surface area contributed by atoms with E-state index in [0.29, 0.717) is 23.6 Å². The number of halogens is 1. The highest BCUT2D eigenvalue weighted by Gasteiger charge is 2.07. The molecular formula is C15H14BrNO4. The highest BCUT2D eigenvalue weighted by atomic mass is 79.9. The van der Waals surface area contributed by atoms with E-state index < -0.39 is 5.97 Å². The highest BCUT2D eigenvalue weighted by Crippen LogP contribution is 2.29. The lowest BCUT2D eigenvalue weighted by Crippen LogP contribution is -2.04. The fourth-order valence-electron chi connectivity index (χ4n) is 1.63. The van der Waals surface area contributed by atoms with Crippen LogP contribution in [0.1, 0.15) is 16.1 Å². The lowest BCUT2D eigenvalue weighted by molar-refractivity contribution is 0.0600. The molecule has 0 radical (unpaired) electrons. The summed E-state index contributed by atoms with van der Waals surface area (Å²) < 4.78 is 16.2. The molecule has 0 aliphatic rings. The molecule has 0 fully saturated rings. The molecule has 0 bridgehead atoms. The van der Waals surface area contributed by atoms with Gasteiger partial charge in [-0.25, -0.2) is 4.79 Å². The number of hydrogen-bond donors (Lipinski definition) is 0. The van der Waals surface area contributed by atoms with Gasteiger partial charge in [-0.1, -0.05) is 0 Å². The van der Waals surface area contributed by atoms with E-state index in [4.69, 9.17) is 9.47 Å². The number of ether oxygens (including phenoxy) is 3. The van der Waals surface area contributed by atoms with E-state index in [1.54, 1.807) is 19.2 Å². The van der Waals surface area contributed by atoms with Crippen molar-refractivity contribution < 1.29 is 19.0 Å². The molecule has 0 aliphatic carbocycles. The van der Waals surface area contributed by atoms with Crippen molar-refractivity contribution >= 4 is 21.9 Å². The van der Waals surface area contributed by atoms with Crippen molar-refractivity contribution in [3.63, 3.8) is 0 Å². The van der Waals surface area contributed by atoms with E-state index in [1.165, 1.54) is 13.3 Å². The second-order valence-electron chi connectivity index (χ2n) is 4.11. The zero-order valence-electron chi connectivity index (χ0n) is 11.6. The molecule has 0 unspecified atom stereocenters. The van der Waals surface area contributed by atoms with Gasteiger partial charge in [-0.05, 0) is 46.3 Å². The van der Waals surface area contributed by atoms with Gasteiger partial charge in [0.2, 0.25) is 0 Å². The first-order chi connectivity index (χ1) is 10.1. The molecule has 2 rings (SSSR count). The van der Waals surface area contributed by atoms with Gasteiger partial charge in [0.1, 0.15) is 18.1 Å². The zero-order chi connectivity index (χ0) is 15.2. The molecule has 0 spiro atoms. The second kappa shape index (κ2) is 7.08. The number of hydrogen-bond acceptors (Lipinski definition) is 5. The summed E-state index contributed by atoms with van der Waals surface area (Å²) in [4.78, 5) is 15.5. The minimum Gasteiger partial charge on any atom is -0.497 e. The van der Waals surface area contributed by atoms with E-state index in [1.807, 2.05) is 18.2 Å². The maximum absolute atomic E-state index is 11.3. The molecule has 21 heavy (non-hydrogen) atoms. The number of esters is 1. The van der Waals surface area contributed by atoms with Gasteiger partial charge in [-0.2, -0.15) is 0 Å². The Balaban J connectivity index is 2.01. The Bertz CT molecular complexity index is 628. The predicted molar refractivity (Wildman–Crippen MR) is 80.6 cm³/mol. The summed E-state index contributed by atoms with van der Waals surface area (Å²) in [6, 6.07) is 8.83. The summed E-state index contributed by atoms with van der Waals surface area (Å²) in [7, 11) is 2.94. The van der Waals surface area contributed by atoms with Crippen LogP contribution in [0.15, 0.2) is 41.0 Å². The maximum atomic E-state index is 11.3. The Morgan fingerprint density at radius 2 is 2.05 bits per heavy atom. The zero-order valence-corrected chi connectivity index (χ0v) is 13.2. The Morgan fingerprint density at radius 1 is 1.24 bits per heavy atom. The first-order valence-electron chi connectivity index (χ1n) is 6.13. The van der Waals surface area contributed by atoms with Gasteiger partial charge < -0.3 is 14.2 Å². The number of aromatic nitrogens is 1. The van der Waals surface area contributed by atoms with Crippen LogP contribution < -0.4 is 9.47 Å². The van der Waals surface area contributed by atoms with Gasteiger partial charge in [-0.15, -0.1) is 0 Å². The fourth-order valence-corrected chi connectivity index (χ4v) is 2.10. The molecule has 0 aliphatic heterocycles. The normalized spacial score (nSPS) is 10.0. The second-order valence-corrected chi connectivity index (χ2v) is 4.97. The van der Waals surface area contributed by atoms with Crippen molar-refractivity contribution in [1.29, 1.82) is 0 Å². The highest BCUT2D eigenvalue weighted by molar-refractivity contribution is 9.10. The van der Waals surface area contributed by atoms with Gasteiger partial charge in [0, 0.05) is 6.20 Å². The summed E-state index contributed by atoms with van der Waals surface area (Å²) in [5, 5.41) is 0. The average Bonchev–Trinajstić information content (AvgIpc) is 2.53. The summed E-state index contributed by atoms with van der Waals surface area (Å²) in [6.45, 7) is 0.298. The van der Waals surface area contributed by atoms with E-state index in [2.05, 4.69) is 25.7 Å². The molecule has 1 aromatic carbocycles. The number of carbonyl (C=O) groups excluding carboxylic acids is 1. The molecule has 2 aromatic rings. The maximum Gasteiger partial charge on any atom is 0.339 e. The molecular weight excluding hydrogens is 338 g/mol. The predicted octanol–water partition coefficient (Wildman–Crippen LogP) is 3.22. The number of pyridine rings is 1. The summed E-state index contributed by atoms with van der Waals surface area (Å²) in [5.74, 6) is 1.03. The largest absolute Gasteiger partial charge is 0.497 e. The molecule has 6 heteroatoms. The monoisotopic (exact) mass is 351 g/mol. The average molecular weight is 352 g/mol. The number of methoxy groups -OCH3 is 2. The number of nitrogens with zero attached hydrogens (tertiary/aromatic N) is 1. The van der Waals surface area contributed by atoms with Gasteiger partial charge in [0.25, 0.3) is 0 Å². The minimum atomic E-state index is -0.409. The van der Waals surface area contributed by atoms with Crippen LogP contribution in [-0.4, -0.2) is 25.2 Å². The van der Waals surface area contributed by atoms with Crippen molar-refractivity contribution in [3.8, 4) is 11.5 Å². The standard InChI is InChI=1S/C15H14BrNO4/c1-19-12-5-6-14(13(16)7-12)21-9-11-4-3-10(8-17-11)15(18)20-2/h3-8H,9H2,1-2H3. The van der Waals surface area contributed by atoms with Crippen molar-refractivity contribution in [2.45, 2.75) is 6.61 Å². The van der Waals surface area contributed by atoms with Crippen LogP contribution in [0, 0.1) is 0 Å². The summed E-state index contributed by atoms with van der Waals surface area (Å²) in [5.41, 5.74) is 1.12. The molecule has 110 valence electrons. The van der Waals surface area contributed by atoms with E-state index in [0.717, 1.165) is 10.2 Å². The van der Waals surface area contributed by atoms with Crippen LogP contribution in [0.5, 0.6) is 11.5 Å². The Hall–Kier alpha value is -2.08. The molecule has 5 nitrogen and oxygen atoms in total. The van der Waals surface area contributed by atoms with Crippen molar-refractivity contribution in [3.05, 3.63) is 52.3 Å². The number of rotatable bonds is 5. The van der Waals surface area contributed by atoms with Crippen LogP contribution in [-0.2, 0) is 11.3 Å². The third kappa shape index (κ3) is 3.95. The van der Waals surface area contributed by atoms with Gasteiger partial charge in [0.15, 0.2) is 0 Å². The minimum absolute atomic E-state index is 0.298. The molecule has 0 saturated carbocycles. The molecule has 0 atom stereocenters. The fraction of sp³-hybridized carbons (Fsp3) is 0.200. The molecule has 1 heterocycles. The third-order valence-corrected chi connectivity index (χ3v) is 3.38. The molecule has 1 aromatic heterocycles. The lowest BCUT2D eigenvalue weighted by Gasteiger charge is -2.09. The van der Waals surface area contributed by atoms with E-state index in [-0.39, 0.29) is 0 Å². The molecule has 0 N–H and O–H groups in total. The Morgan fingerprint density at radius 3 is 2.62 bits per heavy atom. The summed E-state index contributed by atoms with van der Waals surface area (Å²) in [6.07, 6.45) is 1.47. The van der Waals surface area contributed by atoms with Crippen LogP contribution in [0.3, 0.4) is 0 Å². The van der Waals surface area contributed by atoms with Gasteiger partial charge in [0.05, 0.1) is 29.9 Å². The smallest absolute Gasteiger partial charge is 0.339 e. The van der Waals surface area contributed by atoms with Crippen LogP contribution in [0.2, 0.25) is 0 Å². The molecule has 0 amide bonds. The van der Waals surface area contributed by atoms with E-state index >= 15 is 0 Å². The third-order valence-electron chi connectivity index (χ3n) is 2.76. The number of carbonyl (C=O) groups is 1. The van der Waals surface area contributed by atoms with Crippen LogP contribution >= 0.6 is 15.9 Å². The first-order valence-corrected chi connectivity index (χ1v) is 6.93.